The number of rotatable bonds is 6. The van der Waals surface area contributed by atoms with E-state index in [4.69, 9.17) is 16.3 Å². The smallest absolute Gasteiger partial charge is 0.101 e. The minimum Gasteiger partial charge on any atom is -0.386 e. The number of benzene rings is 1. The Hall–Kier alpha value is -1.36. The number of halogens is 1. The van der Waals surface area contributed by atoms with Gasteiger partial charge in [-0.1, -0.05) is 41.4 Å². The number of methoxy groups -OCH3 is 1. The van der Waals surface area contributed by atoms with Gasteiger partial charge in [0.05, 0.1) is 30.1 Å². The quantitative estimate of drug-likeness (QED) is 0.891. The van der Waals surface area contributed by atoms with E-state index in [2.05, 4.69) is 11.2 Å². The average molecular weight is 295 g/mol. The average Bonchev–Trinajstić information content (AvgIpc) is 2.77. The van der Waals surface area contributed by atoms with Crippen molar-refractivity contribution in [2.24, 2.45) is 0 Å². The summed E-state index contributed by atoms with van der Waals surface area (Å²) in [6, 6.07) is 8.08. The highest BCUT2D eigenvalue weighted by molar-refractivity contribution is 6.31. The molecule has 1 N–H and O–H groups in total. The summed E-state index contributed by atoms with van der Waals surface area (Å²) in [6.07, 6.45) is 1.40. The standard InChI is InChI=1S/C15H19ClN2O2/c1-11-4-3-5-12(8-11)9-14(19)15-13(16)10-17-18(15)6-7-20-2/h3-5,8,10,14,19H,6-7,9H2,1-2H3. The lowest BCUT2D eigenvalue weighted by molar-refractivity contribution is 0.153. The van der Waals surface area contributed by atoms with Crippen molar-refractivity contribution in [3.8, 4) is 0 Å². The Bertz CT molecular complexity index is 569. The van der Waals surface area contributed by atoms with Gasteiger partial charge in [0.15, 0.2) is 0 Å². The largest absolute Gasteiger partial charge is 0.386 e. The predicted molar refractivity (Wildman–Crippen MR) is 79.0 cm³/mol. The lowest BCUT2D eigenvalue weighted by Crippen LogP contribution is -2.14. The zero-order chi connectivity index (χ0) is 14.5. The first-order valence-electron chi connectivity index (χ1n) is 6.55. The van der Waals surface area contributed by atoms with Crippen LogP contribution >= 0.6 is 11.6 Å². The summed E-state index contributed by atoms with van der Waals surface area (Å²) in [7, 11) is 1.63. The van der Waals surface area contributed by atoms with Crippen molar-refractivity contribution in [3.63, 3.8) is 0 Å². The highest BCUT2D eigenvalue weighted by Gasteiger charge is 2.18. The van der Waals surface area contributed by atoms with E-state index >= 15 is 0 Å². The predicted octanol–water partition coefficient (Wildman–Crippen LogP) is 2.77. The maximum absolute atomic E-state index is 10.4. The van der Waals surface area contributed by atoms with Gasteiger partial charge in [-0.25, -0.2) is 0 Å². The molecule has 108 valence electrons. The van der Waals surface area contributed by atoms with E-state index < -0.39 is 6.10 Å². The molecule has 0 radical (unpaired) electrons. The summed E-state index contributed by atoms with van der Waals surface area (Å²) in [5, 5.41) is 15.1. The van der Waals surface area contributed by atoms with Gasteiger partial charge >= 0.3 is 0 Å². The van der Waals surface area contributed by atoms with Gasteiger partial charge < -0.3 is 9.84 Å². The van der Waals surface area contributed by atoms with Crippen molar-refractivity contribution in [2.75, 3.05) is 13.7 Å². The molecule has 0 aliphatic rings. The van der Waals surface area contributed by atoms with Crippen molar-refractivity contribution >= 4 is 11.6 Å². The fourth-order valence-electron chi connectivity index (χ4n) is 2.22. The maximum Gasteiger partial charge on any atom is 0.101 e. The van der Waals surface area contributed by atoms with Gasteiger partial charge in [-0.3, -0.25) is 4.68 Å². The molecule has 1 unspecified atom stereocenters. The van der Waals surface area contributed by atoms with Crippen molar-refractivity contribution in [1.82, 2.24) is 9.78 Å². The molecule has 2 rings (SSSR count). The Morgan fingerprint density at radius 1 is 1.45 bits per heavy atom. The summed E-state index contributed by atoms with van der Waals surface area (Å²) >= 11 is 6.13. The zero-order valence-electron chi connectivity index (χ0n) is 11.7. The second-order valence-corrected chi connectivity index (χ2v) is 5.21. The third-order valence-corrected chi connectivity index (χ3v) is 3.46. The van der Waals surface area contributed by atoms with E-state index in [9.17, 15) is 5.11 Å². The number of aromatic nitrogens is 2. The molecular weight excluding hydrogens is 276 g/mol. The molecule has 1 atom stereocenters. The van der Waals surface area contributed by atoms with Gasteiger partial charge in [-0.15, -0.1) is 0 Å². The summed E-state index contributed by atoms with van der Waals surface area (Å²) < 4.78 is 6.74. The van der Waals surface area contributed by atoms with Gasteiger partial charge in [0.2, 0.25) is 0 Å². The lowest BCUT2D eigenvalue weighted by Gasteiger charge is -2.14. The van der Waals surface area contributed by atoms with Gasteiger partial charge in [0.1, 0.15) is 6.10 Å². The molecule has 0 saturated carbocycles. The van der Waals surface area contributed by atoms with E-state index in [1.54, 1.807) is 18.0 Å². The Kier molecular flexibility index (Phi) is 5.17. The molecule has 1 aromatic carbocycles. The summed E-state index contributed by atoms with van der Waals surface area (Å²) in [5.74, 6) is 0. The van der Waals surface area contributed by atoms with Crippen LogP contribution in [0.25, 0.3) is 0 Å². The van der Waals surface area contributed by atoms with Gasteiger partial charge in [-0.05, 0) is 12.5 Å². The van der Waals surface area contributed by atoms with Crippen LogP contribution in [0.3, 0.4) is 0 Å². The molecule has 0 aliphatic carbocycles. The summed E-state index contributed by atoms with van der Waals surface area (Å²) in [4.78, 5) is 0. The fourth-order valence-corrected chi connectivity index (χ4v) is 2.49. The summed E-state index contributed by atoms with van der Waals surface area (Å²) in [6.45, 7) is 3.14. The first kappa shape index (κ1) is 15.0. The zero-order valence-corrected chi connectivity index (χ0v) is 12.5. The molecule has 20 heavy (non-hydrogen) atoms. The summed E-state index contributed by atoms with van der Waals surface area (Å²) in [5.41, 5.74) is 2.90. The number of aliphatic hydroxyl groups is 1. The first-order valence-corrected chi connectivity index (χ1v) is 6.93. The minimum atomic E-state index is -0.677. The molecule has 0 amide bonds. The van der Waals surface area contributed by atoms with Crippen LogP contribution in [0, 0.1) is 6.92 Å². The van der Waals surface area contributed by atoms with Crippen molar-refractivity contribution in [3.05, 3.63) is 52.3 Å². The van der Waals surface area contributed by atoms with Crippen LogP contribution in [0.2, 0.25) is 5.02 Å². The lowest BCUT2D eigenvalue weighted by atomic mass is 10.0. The Morgan fingerprint density at radius 2 is 2.25 bits per heavy atom. The van der Waals surface area contributed by atoms with Gasteiger partial charge in [-0.2, -0.15) is 5.10 Å². The Labute approximate surface area is 123 Å². The first-order chi connectivity index (χ1) is 9.61. The van der Waals surface area contributed by atoms with Crippen molar-refractivity contribution in [1.29, 1.82) is 0 Å². The molecule has 0 fully saturated rings. The van der Waals surface area contributed by atoms with Crippen molar-refractivity contribution < 1.29 is 9.84 Å². The number of aryl methyl sites for hydroxylation is 1. The molecule has 0 bridgehead atoms. The Morgan fingerprint density at radius 3 is 2.95 bits per heavy atom. The molecule has 4 nitrogen and oxygen atoms in total. The van der Waals surface area contributed by atoms with Gasteiger partial charge in [0, 0.05) is 13.5 Å². The highest BCUT2D eigenvalue weighted by Crippen LogP contribution is 2.25. The van der Waals surface area contributed by atoms with E-state index in [1.165, 1.54) is 5.56 Å². The number of hydrogen-bond acceptors (Lipinski definition) is 3. The van der Waals surface area contributed by atoms with Crippen LogP contribution in [0.5, 0.6) is 0 Å². The van der Waals surface area contributed by atoms with E-state index in [0.29, 0.717) is 30.3 Å². The molecule has 0 aliphatic heterocycles. The van der Waals surface area contributed by atoms with Crippen LogP contribution in [0.15, 0.2) is 30.5 Å². The number of ether oxygens (including phenoxy) is 1. The molecule has 5 heteroatoms. The molecule has 1 heterocycles. The van der Waals surface area contributed by atoms with E-state index in [0.717, 1.165) is 5.56 Å². The second-order valence-electron chi connectivity index (χ2n) is 4.80. The fraction of sp³-hybridized carbons (Fsp3) is 0.400. The minimum absolute atomic E-state index is 0.487. The van der Waals surface area contributed by atoms with Crippen LogP contribution < -0.4 is 0 Å². The van der Waals surface area contributed by atoms with Gasteiger partial charge in [0.25, 0.3) is 0 Å². The molecule has 0 saturated heterocycles. The van der Waals surface area contributed by atoms with Crippen LogP contribution in [0.1, 0.15) is 22.9 Å². The SMILES string of the molecule is COCCn1ncc(Cl)c1C(O)Cc1cccc(C)c1. The van der Waals surface area contributed by atoms with E-state index in [-0.39, 0.29) is 0 Å². The third-order valence-electron chi connectivity index (χ3n) is 3.17. The topological polar surface area (TPSA) is 47.3 Å². The van der Waals surface area contributed by atoms with E-state index in [1.807, 2.05) is 25.1 Å². The normalized spacial score (nSPS) is 12.6. The molecule has 0 spiro atoms. The third kappa shape index (κ3) is 3.60. The second kappa shape index (κ2) is 6.88. The molecule has 1 aromatic heterocycles. The number of aliphatic hydroxyl groups excluding tert-OH is 1. The van der Waals surface area contributed by atoms with Crippen molar-refractivity contribution in [2.45, 2.75) is 26.0 Å². The molecule has 2 aromatic rings. The van der Waals surface area contributed by atoms with Crippen LogP contribution in [0.4, 0.5) is 0 Å². The molecular formula is C15H19ClN2O2. The monoisotopic (exact) mass is 294 g/mol. The maximum atomic E-state index is 10.4. The number of hydrogen-bond donors (Lipinski definition) is 1. The number of nitrogens with zero attached hydrogens (tertiary/aromatic N) is 2. The highest BCUT2D eigenvalue weighted by atomic mass is 35.5. The van der Waals surface area contributed by atoms with Crippen LogP contribution in [-0.4, -0.2) is 28.6 Å². The van der Waals surface area contributed by atoms with Crippen LogP contribution in [-0.2, 0) is 17.7 Å². The Balaban J connectivity index is 2.16.